The summed E-state index contributed by atoms with van der Waals surface area (Å²) in [5.74, 6) is -6.48. The molecule has 0 spiro atoms. The molecule has 0 heterocycles. The molecule has 0 saturated carbocycles. The van der Waals surface area contributed by atoms with Crippen LogP contribution >= 0.6 is 12.6 Å². The lowest BCUT2D eigenvalue weighted by Crippen LogP contribution is -2.62. The summed E-state index contributed by atoms with van der Waals surface area (Å²) in [6, 6.07) is -4.35. The Kier molecular flexibility index (Phi) is 15.8. The second-order valence-electron chi connectivity index (χ2n) is 8.53. The lowest BCUT2D eigenvalue weighted by Gasteiger charge is -2.27. The molecule has 3 atom stereocenters. The number of primary amides is 1. The summed E-state index contributed by atoms with van der Waals surface area (Å²) >= 11 is 3.53. The van der Waals surface area contributed by atoms with E-state index in [0.29, 0.717) is 0 Å². The number of hydrogen-bond acceptors (Lipinski definition) is 9. The van der Waals surface area contributed by atoms with Crippen molar-refractivity contribution < 1.29 is 39.0 Å². The van der Waals surface area contributed by atoms with Crippen LogP contribution in [0.25, 0.3) is 0 Å². The molecule has 36 heavy (non-hydrogen) atoms. The van der Waals surface area contributed by atoms with Gasteiger partial charge in [0, 0.05) is 5.54 Å². The number of aliphatic hydroxyl groups is 1. The van der Waals surface area contributed by atoms with Gasteiger partial charge in [-0.2, -0.15) is 12.6 Å². The van der Waals surface area contributed by atoms with Crippen LogP contribution in [0.1, 0.15) is 34.1 Å². The van der Waals surface area contributed by atoms with Crippen molar-refractivity contribution in [3.8, 4) is 0 Å². The number of carbonyl (C=O) groups is 6. The van der Waals surface area contributed by atoms with Gasteiger partial charge in [-0.25, -0.2) is 0 Å². The molecule has 9 N–H and O–H groups in total. The van der Waals surface area contributed by atoms with Gasteiger partial charge in [0.1, 0.15) is 33.8 Å². The summed E-state index contributed by atoms with van der Waals surface area (Å²) in [4.78, 5) is 71.2. The van der Waals surface area contributed by atoms with E-state index in [-0.39, 0.29) is 12.1 Å². The van der Waals surface area contributed by atoms with Gasteiger partial charge in [-0.1, -0.05) is 0 Å². The highest BCUT2D eigenvalue weighted by Gasteiger charge is 2.33. The lowest BCUT2D eigenvalue weighted by molar-refractivity contribution is -0.141. The van der Waals surface area contributed by atoms with Crippen LogP contribution in [0, 0.1) is 0 Å². The first-order chi connectivity index (χ1) is 16.4. The van der Waals surface area contributed by atoms with Gasteiger partial charge in [0.05, 0.1) is 24.9 Å². The quantitative estimate of drug-likeness (QED) is 0.0827. The summed E-state index contributed by atoms with van der Waals surface area (Å²) in [7, 11) is 10.4. The Morgan fingerprint density at radius 1 is 0.917 bits per heavy atom. The van der Waals surface area contributed by atoms with Crippen LogP contribution < -0.4 is 32.3 Å². The van der Waals surface area contributed by atoms with Crippen LogP contribution in [0.15, 0.2) is 0 Å². The van der Waals surface area contributed by atoms with Crippen molar-refractivity contribution in [2.75, 3.05) is 19.4 Å². The highest BCUT2D eigenvalue weighted by atomic mass is 32.1. The minimum atomic E-state index is -2.69. The number of carboxylic acids is 1. The van der Waals surface area contributed by atoms with Crippen LogP contribution in [0.5, 0.6) is 0 Å². The van der Waals surface area contributed by atoms with Gasteiger partial charge in [0.2, 0.25) is 29.5 Å². The zero-order chi connectivity index (χ0) is 28.9. The van der Waals surface area contributed by atoms with Crippen LogP contribution in [0.4, 0.5) is 0 Å². The molecular formula is C19H34B2N6O8S. The Morgan fingerprint density at radius 2 is 1.44 bits per heavy atom. The summed E-state index contributed by atoms with van der Waals surface area (Å²) in [6.07, 6.45) is 0.962. The van der Waals surface area contributed by atoms with Crippen LogP contribution in [0.3, 0.4) is 0 Å². The predicted molar refractivity (Wildman–Crippen MR) is 135 cm³/mol. The third-order valence-corrected chi connectivity index (χ3v) is 4.09. The molecule has 0 fully saturated rings. The molecular weight excluding hydrogens is 494 g/mol. The average molecular weight is 528 g/mol. The number of carboxylic acid groups (broad SMARTS) is 1. The van der Waals surface area contributed by atoms with Gasteiger partial charge in [0.25, 0.3) is 0 Å². The standard InChI is InChI=1S/C18H30B2N6O8.CH4S/c1-8(23-14(31)10(7-27)24-12(29)6-22-17(2,3)4)13(30)25-9(5-11(21)28)15(32)26-18(19,20)16(33)34;1-2/h8-10,22,27H,5-7H2,1-4H3,(H2,21,28)(H,23,31)(H,24,29)(H,25,30)(H,26,32)(H,33,34);2H,1H3/t8-,9-,10-;/m0./s1. The molecule has 17 heteroatoms. The molecule has 0 bridgehead atoms. The predicted octanol–water partition coefficient (Wildman–Crippen LogP) is -4.55. The van der Waals surface area contributed by atoms with Crippen molar-refractivity contribution in [3.05, 3.63) is 0 Å². The molecule has 0 aliphatic rings. The topological polar surface area (TPSA) is 229 Å². The third-order valence-electron chi connectivity index (χ3n) is 4.09. The molecule has 0 aromatic carbocycles. The fourth-order valence-electron chi connectivity index (χ4n) is 2.22. The van der Waals surface area contributed by atoms with Gasteiger partial charge in [0.15, 0.2) is 0 Å². The van der Waals surface area contributed by atoms with Crippen LogP contribution in [-0.4, -0.2) is 110 Å². The number of amides is 5. The van der Waals surface area contributed by atoms with Gasteiger partial charge >= 0.3 is 5.97 Å². The fraction of sp³-hybridized carbons (Fsp3) is 0.684. The number of rotatable bonds is 13. The molecule has 14 nitrogen and oxygen atoms in total. The van der Waals surface area contributed by atoms with E-state index in [1.54, 1.807) is 11.6 Å². The molecule has 5 amide bonds. The SMILES string of the molecule is CS.[B]C([B])(NC(=O)[C@H](CC(N)=O)NC(=O)[C@H](C)NC(=O)[C@H](CO)NC(=O)CNC(C)(C)C)C(=O)O. The number of hydrogen-bond donors (Lipinski definition) is 9. The first kappa shape index (κ1) is 35.4. The molecule has 0 unspecified atom stereocenters. The van der Waals surface area contributed by atoms with Crippen LogP contribution in [0.2, 0.25) is 0 Å². The Morgan fingerprint density at radius 3 is 1.86 bits per heavy atom. The number of thiol groups is 1. The van der Waals surface area contributed by atoms with Crippen molar-refractivity contribution in [2.45, 2.75) is 63.1 Å². The number of nitrogens with one attached hydrogen (secondary N) is 5. The molecule has 0 aromatic heterocycles. The van der Waals surface area contributed by atoms with Gasteiger partial charge in [-0.3, -0.25) is 28.8 Å². The number of nitrogens with two attached hydrogens (primary N) is 1. The second-order valence-corrected chi connectivity index (χ2v) is 8.53. The van der Waals surface area contributed by atoms with Crippen LogP contribution in [-0.2, 0) is 28.8 Å². The molecule has 0 aromatic rings. The van der Waals surface area contributed by atoms with E-state index in [4.69, 9.17) is 26.5 Å². The fourth-order valence-corrected chi connectivity index (χ4v) is 2.22. The molecule has 0 saturated heterocycles. The van der Waals surface area contributed by atoms with Crippen molar-refractivity contribution in [1.82, 2.24) is 26.6 Å². The average Bonchev–Trinajstić information content (AvgIpc) is 2.75. The van der Waals surface area contributed by atoms with Crippen molar-refractivity contribution in [2.24, 2.45) is 5.73 Å². The summed E-state index contributed by atoms with van der Waals surface area (Å²) in [5, 5.41) is 26.9. The number of aliphatic carboxylic acids is 1. The maximum absolute atomic E-state index is 12.4. The largest absolute Gasteiger partial charge is 0.481 e. The Balaban J connectivity index is 0. The van der Waals surface area contributed by atoms with E-state index in [1.165, 1.54) is 6.92 Å². The van der Waals surface area contributed by atoms with Crippen molar-refractivity contribution >= 4 is 63.8 Å². The first-order valence-corrected chi connectivity index (χ1v) is 11.4. The third kappa shape index (κ3) is 14.6. The Hall–Kier alpha value is -2.78. The summed E-state index contributed by atoms with van der Waals surface area (Å²) in [5.41, 5.74) is 4.68. The lowest BCUT2D eigenvalue weighted by atomic mass is 9.62. The first-order valence-electron chi connectivity index (χ1n) is 10.5. The number of carbonyl (C=O) groups excluding carboxylic acids is 5. The Labute approximate surface area is 217 Å². The maximum Gasteiger partial charge on any atom is 0.310 e. The smallest absolute Gasteiger partial charge is 0.310 e. The zero-order valence-electron chi connectivity index (χ0n) is 20.9. The van der Waals surface area contributed by atoms with E-state index in [9.17, 15) is 33.9 Å². The molecule has 0 rings (SSSR count). The molecule has 0 aliphatic carbocycles. The molecule has 200 valence electrons. The van der Waals surface area contributed by atoms with Gasteiger partial charge < -0.3 is 42.5 Å². The van der Waals surface area contributed by atoms with Gasteiger partial charge in [-0.05, 0) is 34.0 Å². The summed E-state index contributed by atoms with van der Waals surface area (Å²) < 4.78 is 0. The van der Waals surface area contributed by atoms with E-state index in [1.807, 2.05) is 20.8 Å². The zero-order valence-corrected chi connectivity index (χ0v) is 21.8. The van der Waals surface area contributed by atoms with E-state index < -0.39 is 72.0 Å². The molecule has 4 radical (unpaired) electrons. The van der Waals surface area contributed by atoms with Gasteiger partial charge in [-0.15, -0.1) is 0 Å². The highest BCUT2D eigenvalue weighted by molar-refractivity contribution is 7.79. The van der Waals surface area contributed by atoms with Crippen molar-refractivity contribution in [3.63, 3.8) is 0 Å². The highest BCUT2D eigenvalue weighted by Crippen LogP contribution is 2.00. The van der Waals surface area contributed by atoms with Crippen molar-refractivity contribution in [1.29, 1.82) is 0 Å². The minimum Gasteiger partial charge on any atom is -0.481 e. The normalized spacial score (nSPS) is 13.5. The second kappa shape index (κ2) is 16.1. The van der Waals surface area contributed by atoms with E-state index >= 15 is 0 Å². The maximum atomic E-state index is 12.4. The minimum absolute atomic E-state index is 0.132. The number of aliphatic hydroxyl groups excluding tert-OH is 1. The van der Waals surface area contributed by atoms with E-state index in [0.717, 1.165) is 0 Å². The summed E-state index contributed by atoms with van der Waals surface area (Å²) in [6.45, 7) is 5.80. The molecule has 0 aliphatic heterocycles. The monoisotopic (exact) mass is 528 g/mol. The Bertz CT molecular complexity index is 809. The van der Waals surface area contributed by atoms with E-state index in [2.05, 4.69) is 33.9 Å².